The molecule has 198 valence electrons. The molecule has 35 heavy (non-hydrogen) atoms. The summed E-state index contributed by atoms with van der Waals surface area (Å²) >= 11 is 0. The third-order valence-electron chi connectivity index (χ3n) is 3.09. The Hall–Kier alpha value is -1.30. The summed E-state index contributed by atoms with van der Waals surface area (Å²) in [5.41, 5.74) is 0.273. The smallest absolute Gasteiger partial charge is 0.744 e. The quantitative estimate of drug-likeness (QED) is 0.0639. The topological polar surface area (TPSA) is 223 Å². The number of benzene rings is 1. The van der Waals surface area contributed by atoms with E-state index >= 15 is 0 Å². The van der Waals surface area contributed by atoms with E-state index in [4.69, 9.17) is 40.1 Å². The van der Waals surface area contributed by atoms with Crippen LogP contribution in [0.5, 0.6) is 11.5 Å². The summed E-state index contributed by atoms with van der Waals surface area (Å²) in [6.45, 7) is 5.05. The average molecular weight is 537 g/mol. The molecule has 0 aliphatic carbocycles. The van der Waals surface area contributed by atoms with Crippen LogP contribution in [0.2, 0.25) is 0 Å². The zero-order valence-electron chi connectivity index (χ0n) is 20.0. The van der Waals surface area contributed by atoms with Gasteiger partial charge in [-0.05, 0) is 26.0 Å². The molecule has 0 radical (unpaired) electrons. The van der Waals surface area contributed by atoms with Crippen molar-refractivity contribution in [3.8, 4) is 11.5 Å². The summed E-state index contributed by atoms with van der Waals surface area (Å²) in [5, 5.41) is 50.3. The Bertz CT molecular complexity index is 789. The Labute approximate surface area is 226 Å². The fourth-order valence-corrected chi connectivity index (χ4v) is 2.05. The Morgan fingerprint density at radius 2 is 1.43 bits per heavy atom. The minimum absolute atomic E-state index is 0. The van der Waals surface area contributed by atoms with E-state index in [1.807, 2.05) is 0 Å². The maximum absolute atomic E-state index is 10.9. The fraction of sp³-hybridized carbons (Fsp3) is 0.550. The predicted octanol–water partition coefficient (Wildman–Crippen LogP) is -4.84. The molecule has 0 aromatic heterocycles. The van der Waals surface area contributed by atoms with Gasteiger partial charge in [0, 0.05) is 11.6 Å². The van der Waals surface area contributed by atoms with Crippen LogP contribution in [0.25, 0.3) is 0 Å². The Balaban J connectivity index is -0.000000515. The van der Waals surface area contributed by atoms with Gasteiger partial charge in [0.1, 0.15) is 47.5 Å². The molecule has 0 fully saturated rings. The van der Waals surface area contributed by atoms with E-state index in [1.165, 1.54) is 19.9 Å². The molecule has 13 nitrogen and oxygen atoms in total. The van der Waals surface area contributed by atoms with E-state index < -0.39 is 39.8 Å². The van der Waals surface area contributed by atoms with Crippen molar-refractivity contribution in [1.29, 1.82) is 0 Å². The SMILES string of the molecule is C=C(C)C(=O)OCC(O)CO.CC(O)CO.O=S(=O)([O-])c1cc(OCCO)cc(OCCO)c1.[Na+]. The molecule has 0 saturated heterocycles. The van der Waals surface area contributed by atoms with Crippen molar-refractivity contribution in [2.45, 2.75) is 31.0 Å². The Morgan fingerprint density at radius 3 is 1.71 bits per heavy atom. The van der Waals surface area contributed by atoms with E-state index in [-0.39, 0.29) is 86.3 Å². The summed E-state index contributed by atoms with van der Waals surface area (Å²) in [4.78, 5) is 10.2. The number of esters is 1. The van der Waals surface area contributed by atoms with Gasteiger partial charge in [0.05, 0.1) is 37.4 Å². The Morgan fingerprint density at radius 1 is 1.00 bits per heavy atom. The van der Waals surface area contributed by atoms with Crippen molar-refractivity contribution in [1.82, 2.24) is 0 Å². The van der Waals surface area contributed by atoms with Crippen molar-refractivity contribution in [3.05, 3.63) is 30.4 Å². The summed E-state index contributed by atoms with van der Waals surface area (Å²) in [6.07, 6.45) is -1.56. The Kier molecular flexibility index (Phi) is 24.0. The predicted molar refractivity (Wildman–Crippen MR) is 117 cm³/mol. The second kappa shape index (κ2) is 21.9. The molecule has 0 saturated carbocycles. The van der Waals surface area contributed by atoms with Crippen LogP contribution in [0.1, 0.15) is 13.8 Å². The zero-order valence-corrected chi connectivity index (χ0v) is 22.8. The molecule has 15 heteroatoms. The van der Waals surface area contributed by atoms with Gasteiger partial charge in [-0.1, -0.05) is 6.58 Å². The molecule has 2 atom stereocenters. The van der Waals surface area contributed by atoms with Crippen LogP contribution in [0.3, 0.4) is 0 Å². The standard InChI is InChI=1S/C10H14O7S.C7H12O4.C3H8O2.Na/c11-1-3-16-8-5-9(17-4-2-12)7-10(6-8)18(13,14)15;1-5(2)7(10)11-4-6(9)3-8;1-3(5)2-4;/h5-7,11-12H,1-4H2,(H,13,14,15);6,8-9H,1,3-4H2,2H3;3-5H,2H2,1H3;/q;;;+1/p-1. The molecule has 1 rings (SSSR count). The molecule has 0 spiro atoms. The van der Waals surface area contributed by atoms with Crippen LogP contribution in [0.15, 0.2) is 35.2 Å². The van der Waals surface area contributed by atoms with Gasteiger partial charge in [-0.3, -0.25) is 0 Å². The summed E-state index contributed by atoms with van der Waals surface area (Å²) in [6, 6.07) is 3.45. The average Bonchev–Trinajstić information content (AvgIpc) is 2.79. The van der Waals surface area contributed by atoms with Gasteiger partial charge in [-0.25, -0.2) is 13.2 Å². The molecule has 1 aromatic carbocycles. The minimum Gasteiger partial charge on any atom is -0.744 e. The number of ether oxygens (including phenoxy) is 3. The number of hydrogen-bond donors (Lipinski definition) is 6. The van der Waals surface area contributed by atoms with Crippen molar-refractivity contribution in [2.24, 2.45) is 0 Å². The van der Waals surface area contributed by atoms with Gasteiger partial charge in [0.2, 0.25) is 0 Å². The second-order valence-electron chi connectivity index (χ2n) is 6.49. The first-order valence-electron chi connectivity index (χ1n) is 9.81. The summed E-state index contributed by atoms with van der Waals surface area (Å²) in [7, 11) is -4.63. The number of carbonyl (C=O) groups excluding carboxylic acids is 1. The third-order valence-corrected chi connectivity index (χ3v) is 3.91. The first kappa shape index (κ1) is 38.2. The van der Waals surface area contributed by atoms with Gasteiger partial charge in [-0.2, -0.15) is 0 Å². The first-order valence-corrected chi connectivity index (χ1v) is 11.2. The van der Waals surface area contributed by atoms with E-state index in [1.54, 1.807) is 0 Å². The van der Waals surface area contributed by atoms with Gasteiger partial charge < -0.3 is 49.4 Å². The largest absolute Gasteiger partial charge is 1.00 e. The second-order valence-corrected chi connectivity index (χ2v) is 7.86. The van der Waals surface area contributed by atoms with Crippen LogP contribution in [0, 0.1) is 0 Å². The van der Waals surface area contributed by atoms with Crippen molar-refractivity contribution in [2.75, 3.05) is 46.2 Å². The molecule has 2 unspecified atom stereocenters. The zero-order chi connectivity index (χ0) is 26.7. The minimum atomic E-state index is -4.63. The molecule has 0 bridgehead atoms. The van der Waals surface area contributed by atoms with Crippen LogP contribution in [0.4, 0.5) is 0 Å². The number of aliphatic hydroxyl groups excluding tert-OH is 6. The van der Waals surface area contributed by atoms with Crippen molar-refractivity contribution >= 4 is 16.1 Å². The van der Waals surface area contributed by atoms with Crippen molar-refractivity contribution in [3.63, 3.8) is 0 Å². The number of carbonyl (C=O) groups is 1. The number of rotatable bonds is 12. The maximum atomic E-state index is 10.9. The molecule has 0 aliphatic rings. The van der Waals surface area contributed by atoms with Crippen LogP contribution in [-0.2, 0) is 19.6 Å². The van der Waals surface area contributed by atoms with E-state index in [0.717, 1.165) is 12.1 Å². The molecule has 0 amide bonds. The maximum Gasteiger partial charge on any atom is 1.00 e. The van der Waals surface area contributed by atoms with E-state index in [2.05, 4.69) is 11.3 Å². The molecular weight excluding hydrogens is 503 g/mol. The molecule has 6 N–H and O–H groups in total. The first-order chi connectivity index (χ1) is 15.8. The number of aliphatic hydroxyl groups is 6. The van der Waals surface area contributed by atoms with Gasteiger partial charge in [-0.15, -0.1) is 0 Å². The summed E-state index contributed by atoms with van der Waals surface area (Å²) < 4.78 is 47.3. The van der Waals surface area contributed by atoms with Gasteiger partial charge >= 0.3 is 35.5 Å². The van der Waals surface area contributed by atoms with Crippen LogP contribution >= 0.6 is 0 Å². The normalized spacial score (nSPS) is 11.8. The molecule has 0 aliphatic heterocycles. The van der Waals surface area contributed by atoms with Gasteiger partial charge in [0.15, 0.2) is 0 Å². The third kappa shape index (κ3) is 21.7. The van der Waals surface area contributed by atoms with Crippen molar-refractivity contribution < 1.29 is 92.2 Å². The fourth-order valence-electron chi connectivity index (χ4n) is 1.53. The van der Waals surface area contributed by atoms with Crippen LogP contribution in [-0.4, -0.2) is 108 Å². The van der Waals surface area contributed by atoms with E-state index in [9.17, 15) is 17.8 Å². The van der Waals surface area contributed by atoms with E-state index in [0.29, 0.717) is 0 Å². The number of hydrogen-bond acceptors (Lipinski definition) is 13. The molecular formula is C20H33NaO13S. The molecule has 1 aromatic rings. The molecule has 0 heterocycles. The van der Waals surface area contributed by atoms with Crippen LogP contribution < -0.4 is 39.0 Å². The monoisotopic (exact) mass is 536 g/mol. The summed E-state index contributed by atoms with van der Waals surface area (Å²) in [5.74, 6) is -0.375. The van der Waals surface area contributed by atoms with Gasteiger partial charge in [0.25, 0.3) is 0 Å².